The van der Waals surface area contributed by atoms with Gasteiger partial charge in [-0.1, -0.05) is 93.1 Å². The van der Waals surface area contributed by atoms with E-state index in [0.717, 1.165) is 149 Å². The lowest BCUT2D eigenvalue weighted by Gasteiger charge is -2.36. The molecule has 4 aliphatic carbocycles. The van der Waals surface area contributed by atoms with Gasteiger partial charge in [0.25, 0.3) is 0 Å². The first-order valence-corrected chi connectivity index (χ1v) is 28.5. The van der Waals surface area contributed by atoms with Crippen molar-refractivity contribution in [3.05, 3.63) is 82.9 Å². The fourth-order valence-electron chi connectivity index (χ4n) is 13.4. The number of nitrogens with one attached hydrogen (secondary N) is 6. The van der Waals surface area contributed by atoms with Crippen LogP contribution < -0.4 is 31.9 Å². The summed E-state index contributed by atoms with van der Waals surface area (Å²) in [4.78, 5) is 87.4. The number of nitrogens with zero attached hydrogens (tertiary/aromatic N) is 2. The quantitative estimate of drug-likeness (QED) is 0.0863. The van der Waals surface area contributed by atoms with Crippen molar-refractivity contribution in [3.8, 4) is 22.3 Å². The van der Waals surface area contributed by atoms with E-state index in [1.807, 2.05) is 0 Å². The third-order valence-corrected chi connectivity index (χ3v) is 17.8. The highest BCUT2D eigenvalue weighted by atomic mass is 16.2. The normalized spacial score (nSPS) is 23.9. The second kappa shape index (κ2) is 24.4. The largest absolute Gasteiger partial charge is 0.347 e. The van der Waals surface area contributed by atoms with Crippen molar-refractivity contribution >= 4 is 35.4 Å². The minimum absolute atomic E-state index is 0.0564. The van der Waals surface area contributed by atoms with E-state index in [-0.39, 0.29) is 59.4 Å². The molecule has 2 saturated carbocycles. The number of likely N-dealkylation sites (N-methyl/N-ethyl adjacent to an activating group) is 2. The van der Waals surface area contributed by atoms with Crippen LogP contribution in [0.2, 0.25) is 0 Å². The molecule has 0 spiro atoms. The first kappa shape index (κ1) is 53.2. The van der Waals surface area contributed by atoms with Crippen LogP contribution in [0, 0.1) is 11.8 Å². The molecule has 0 aromatic heterocycles. The van der Waals surface area contributed by atoms with Crippen molar-refractivity contribution in [3.63, 3.8) is 0 Å². The maximum absolute atomic E-state index is 14.4. The van der Waals surface area contributed by atoms with Crippen LogP contribution in [0.4, 0.5) is 0 Å². The number of carbonyl (C=O) groups excluding carboxylic acids is 6. The van der Waals surface area contributed by atoms with Crippen LogP contribution >= 0.6 is 0 Å². The minimum Gasteiger partial charge on any atom is -0.347 e. The van der Waals surface area contributed by atoms with Crippen LogP contribution in [-0.4, -0.2) is 109 Å². The fourth-order valence-corrected chi connectivity index (χ4v) is 13.4. The first-order chi connectivity index (χ1) is 35.9. The molecule has 2 heterocycles. The van der Waals surface area contributed by atoms with E-state index in [9.17, 15) is 28.8 Å². The second-order valence-corrected chi connectivity index (χ2v) is 22.4. The van der Waals surface area contributed by atoms with Gasteiger partial charge >= 0.3 is 0 Å². The smallest absolute Gasteiger partial charge is 0.246 e. The topological polar surface area (TPSA) is 181 Å². The standard InChI is InChI=1S/C60H82N8O6/c1-37(61-3)55(69)65-53(39-18-7-5-8-19-39)59(73)67-34-16-32-51(67)57(71)63-49-30-14-26-45-43(24-12-28-47(45)49)41-22-11-23-42(36-41)44-25-13-29-48-46(44)27-15-31-50(48)64-58(72)52-33-17-35-68(52)60(74)54(40-20-9-6-10-21-40)66-56(70)38(2)62-4/h11-13,22-25,28-29,36-40,49-54,61-62H,5-10,14-21,26-27,30-35H2,1-4H3,(H,63,71)(H,64,72)(H,65,69)(H,66,70)/t37-,38-,49+,50+,51-,52-,53-,54-/m0/s1. The lowest BCUT2D eigenvalue weighted by Crippen LogP contribution is -2.58. The van der Waals surface area contributed by atoms with Crippen molar-refractivity contribution < 1.29 is 28.8 Å². The van der Waals surface area contributed by atoms with Crippen molar-refractivity contribution in [2.24, 2.45) is 11.8 Å². The Morgan fingerprint density at radius 1 is 0.486 bits per heavy atom. The number of hydrogen-bond donors (Lipinski definition) is 6. The minimum atomic E-state index is -0.643. The summed E-state index contributed by atoms with van der Waals surface area (Å²) in [5.41, 5.74) is 9.21. The third kappa shape index (κ3) is 11.6. The van der Waals surface area contributed by atoms with Gasteiger partial charge in [-0.15, -0.1) is 0 Å². The number of amides is 6. The number of rotatable bonds is 16. The summed E-state index contributed by atoms with van der Waals surface area (Å²) in [5.74, 6) is -0.798. The number of carbonyl (C=O) groups is 6. The lowest BCUT2D eigenvalue weighted by atomic mass is 9.81. The van der Waals surface area contributed by atoms with Crippen LogP contribution in [0.15, 0.2) is 60.7 Å². The SMILES string of the molecule is CN[C@@H](C)C(=O)N[C@H](C(=O)N1CCC[C@H]1C(=O)N[C@@H]1CCCc2c(-c3cccc(-c4cccc5c4CCC[C@H]5NC(=O)[C@@H]4CCCN4C(=O)[C@@H](NC(=O)[C@H](C)NC)C4CCCCC4)c3)cccc21)C1CCCCC1. The molecule has 6 amide bonds. The molecule has 9 rings (SSSR count). The molecule has 74 heavy (non-hydrogen) atoms. The maximum Gasteiger partial charge on any atom is 0.246 e. The molecule has 2 aliphatic heterocycles. The Kier molecular flexibility index (Phi) is 17.5. The summed E-state index contributed by atoms with van der Waals surface area (Å²) in [6, 6.07) is 17.9. The highest BCUT2D eigenvalue weighted by Crippen LogP contribution is 2.41. The summed E-state index contributed by atoms with van der Waals surface area (Å²) in [5, 5.41) is 19.0. The molecule has 14 nitrogen and oxygen atoms in total. The molecule has 14 heteroatoms. The molecule has 3 aromatic rings. The van der Waals surface area contributed by atoms with Gasteiger partial charge in [0.1, 0.15) is 24.2 Å². The van der Waals surface area contributed by atoms with Crippen LogP contribution in [0.1, 0.15) is 164 Å². The highest BCUT2D eigenvalue weighted by molar-refractivity contribution is 5.95. The van der Waals surface area contributed by atoms with E-state index >= 15 is 0 Å². The molecule has 8 atom stereocenters. The zero-order valence-corrected chi connectivity index (χ0v) is 44.4. The molecule has 3 aromatic carbocycles. The molecule has 4 fully saturated rings. The van der Waals surface area contributed by atoms with E-state index in [1.54, 1.807) is 37.7 Å². The van der Waals surface area contributed by atoms with Gasteiger partial charge in [0.05, 0.1) is 24.2 Å². The molecule has 2 saturated heterocycles. The Balaban J connectivity index is 0.895. The van der Waals surface area contributed by atoms with Gasteiger partial charge in [0.15, 0.2) is 0 Å². The fraction of sp³-hybridized carbons (Fsp3) is 0.600. The molecule has 0 bridgehead atoms. The number of fused-ring (bicyclic) bond motifs is 2. The third-order valence-electron chi connectivity index (χ3n) is 17.8. The maximum atomic E-state index is 14.4. The predicted octanol–water partition coefficient (Wildman–Crippen LogP) is 7.34. The van der Waals surface area contributed by atoms with Crippen LogP contribution in [0.25, 0.3) is 22.3 Å². The van der Waals surface area contributed by atoms with Crippen molar-refractivity contribution in [1.82, 2.24) is 41.7 Å². The predicted molar refractivity (Wildman–Crippen MR) is 288 cm³/mol. The molecular formula is C60H82N8O6. The van der Waals surface area contributed by atoms with Gasteiger partial charge in [0, 0.05) is 13.1 Å². The van der Waals surface area contributed by atoms with E-state index in [4.69, 9.17) is 0 Å². The van der Waals surface area contributed by atoms with Crippen LogP contribution in [-0.2, 0) is 41.6 Å². The lowest BCUT2D eigenvalue weighted by molar-refractivity contribution is -0.143. The molecule has 6 aliphatic rings. The Morgan fingerprint density at radius 2 is 0.892 bits per heavy atom. The molecule has 398 valence electrons. The Labute approximate surface area is 439 Å². The van der Waals surface area contributed by atoms with Crippen molar-refractivity contribution in [2.75, 3.05) is 27.2 Å². The number of likely N-dealkylation sites (tertiary alicyclic amines) is 2. The van der Waals surface area contributed by atoms with Crippen LogP contribution in [0.3, 0.4) is 0 Å². The molecule has 0 radical (unpaired) electrons. The highest BCUT2D eigenvalue weighted by Gasteiger charge is 2.44. The summed E-state index contributed by atoms with van der Waals surface area (Å²) in [7, 11) is 3.48. The van der Waals surface area contributed by atoms with E-state index in [0.29, 0.717) is 25.9 Å². The Bertz CT molecular complexity index is 2350. The zero-order valence-electron chi connectivity index (χ0n) is 44.4. The van der Waals surface area contributed by atoms with Crippen molar-refractivity contribution in [2.45, 2.75) is 191 Å². The number of benzene rings is 3. The monoisotopic (exact) mass is 1010 g/mol. The van der Waals surface area contributed by atoms with Gasteiger partial charge in [0.2, 0.25) is 35.4 Å². The summed E-state index contributed by atoms with van der Waals surface area (Å²) >= 11 is 0. The summed E-state index contributed by atoms with van der Waals surface area (Å²) < 4.78 is 0. The van der Waals surface area contributed by atoms with Crippen molar-refractivity contribution in [1.29, 1.82) is 0 Å². The Morgan fingerprint density at radius 3 is 1.30 bits per heavy atom. The van der Waals surface area contributed by atoms with Gasteiger partial charge in [-0.05, 0) is 180 Å². The van der Waals surface area contributed by atoms with E-state index < -0.39 is 36.3 Å². The van der Waals surface area contributed by atoms with Gasteiger partial charge in [-0.25, -0.2) is 0 Å². The van der Waals surface area contributed by atoms with Gasteiger partial charge in [-0.2, -0.15) is 0 Å². The number of hydrogen-bond acceptors (Lipinski definition) is 8. The van der Waals surface area contributed by atoms with E-state index in [1.165, 1.54) is 11.1 Å². The van der Waals surface area contributed by atoms with Gasteiger partial charge in [-0.3, -0.25) is 28.8 Å². The Hall–Kier alpha value is -5.60. The average Bonchev–Trinajstić information content (AvgIpc) is 4.15. The zero-order chi connectivity index (χ0) is 51.9. The molecule has 0 unspecified atom stereocenters. The molecular weight excluding hydrogens is 929 g/mol. The van der Waals surface area contributed by atoms with Gasteiger partial charge < -0.3 is 41.7 Å². The van der Waals surface area contributed by atoms with E-state index in [2.05, 4.69) is 92.6 Å². The summed E-state index contributed by atoms with van der Waals surface area (Å²) in [6.07, 6.45) is 17.9. The second-order valence-electron chi connectivity index (χ2n) is 22.4. The van der Waals surface area contributed by atoms with Crippen LogP contribution in [0.5, 0.6) is 0 Å². The summed E-state index contributed by atoms with van der Waals surface area (Å²) in [6.45, 7) is 4.60. The first-order valence-electron chi connectivity index (χ1n) is 28.5. The average molecular weight is 1010 g/mol. The molecule has 6 N–H and O–H groups in total.